The number of carboxylic acids is 1. The third kappa shape index (κ3) is 2.81. The predicted octanol–water partition coefficient (Wildman–Crippen LogP) is 2.99. The molecule has 1 heterocycles. The van der Waals surface area contributed by atoms with Gasteiger partial charge in [-0.3, -0.25) is 0 Å². The van der Waals surface area contributed by atoms with Gasteiger partial charge in [-0.2, -0.15) is 0 Å². The SMILES string of the molecule is O=C(O)c1cc2cc(CS(=O)(=O)C3CCCC3)ccc2o1. The van der Waals surface area contributed by atoms with Crippen molar-refractivity contribution in [2.24, 2.45) is 0 Å². The molecule has 0 saturated heterocycles. The second kappa shape index (κ2) is 5.18. The maximum atomic E-state index is 12.3. The standard InChI is InChI=1S/C15H16O5S/c16-15(17)14-8-11-7-10(5-6-13(11)20-14)9-21(18,19)12-3-1-2-4-12/h5-8,12H,1-4,9H2,(H,16,17). The molecule has 1 aromatic carbocycles. The van der Waals surface area contributed by atoms with Crippen molar-refractivity contribution < 1.29 is 22.7 Å². The van der Waals surface area contributed by atoms with Crippen LogP contribution >= 0.6 is 0 Å². The molecule has 1 N–H and O–H groups in total. The van der Waals surface area contributed by atoms with Crippen molar-refractivity contribution in [2.75, 3.05) is 0 Å². The van der Waals surface area contributed by atoms with Gasteiger partial charge in [0.15, 0.2) is 9.84 Å². The normalized spacial score (nSPS) is 16.6. The highest BCUT2D eigenvalue weighted by Crippen LogP contribution is 2.28. The molecule has 0 aliphatic heterocycles. The van der Waals surface area contributed by atoms with E-state index in [1.54, 1.807) is 18.2 Å². The lowest BCUT2D eigenvalue weighted by atomic mass is 10.2. The van der Waals surface area contributed by atoms with E-state index in [2.05, 4.69) is 0 Å². The van der Waals surface area contributed by atoms with Crippen LogP contribution < -0.4 is 0 Å². The van der Waals surface area contributed by atoms with Gasteiger partial charge >= 0.3 is 5.97 Å². The van der Waals surface area contributed by atoms with E-state index in [1.807, 2.05) is 0 Å². The molecule has 0 unspecified atom stereocenters. The van der Waals surface area contributed by atoms with E-state index in [9.17, 15) is 13.2 Å². The quantitative estimate of drug-likeness (QED) is 0.938. The minimum absolute atomic E-state index is 0.00118. The van der Waals surface area contributed by atoms with E-state index in [0.717, 1.165) is 25.7 Å². The number of fused-ring (bicyclic) bond motifs is 1. The zero-order valence-corrected chi connectivity index (χ0v) is 12.2. The Morgan fingerprint density at radius 3 is 2.62 bits per heavy atom. The van der Waals surface area contributed by atoms with Gasteiger partial charge in [-0.05, 0) is 36.6 Å². The van der Waals surface area contributed by atoms with E-state index in [4.69, 9.17) is 9.52 Å². The van der Waals surface area contributed by atoms with Crippen molar-refractivity contribution in [3.8, 4) is 0 Å². The first-order valence-electron chi connectivity index (χ1n) is 6.93. The molecule has 112 valence electrons. The number of hydrogen-bond donors (Lipinski definition) is 1. The first-order valence-corrected chi connectivity index (χ1v) is 8.64. The fraction of sp³-hybridized carbons (Fsp3) is 0.400. The van der Waals surface area contributed by atoms with Gasteiger partial charge < -0.3 is 9.52 Å². The lowest BCUT2D eigenvalue weighted by Crippen LogP contribution is -2.19. The summed E-state index contributed by atoms with van der Waals surface area (Å²) < 4.78 is 29.8. The molecule has 3 rings (SSSR count). The third-order valence-electron chi connectivity index (χ3n) is 3.97. The second-order valence-electron chi connectivity index (χ2n) is 5.50. The van der Waals surface area contributed by atoms with Crippen LogP contribution in [-0.2, 0) is 15.6 Å². The first kappa shape index (κ1) is 14.1. The molecule has 1 aliphatic rings. The van der Waals surface area contributed by atoms with E-state index < -0.39 is 15.8 Å². The first-order chi connectivity index (χ1) is 9.95. The lowest BCUT2D eigenvalue weighted by molar-refractivity contribution is 0.0665. The Balaban J connectivity index is 1.88. The molecule has 1 aliphatic carbocycles. The summed E-state index contributed by atoms with van der Waals surface area (Å²) in [6.07, 6.45) is 3.46. The average Bonchev–Trinajstić information content (AvgIpc) is 3.07. The molecule has 2 aromatic rings. The van der Waals surface area contributed by atoms with Crippen LogP contribution in [0, 0.1) is 0 Å². The Bertz CT molecular complexity index is 781. The largest absolute Gasteiger partial charge is 0.475 e. The molecule has 1 aromatic heterocycles. The molecule has 1 fully saturated rings. The fourth-order valence-corrected chi connectivity index (χ4v) is 4.82. The highest BCUT2D eigenvalue weighted by Gasteiger charge is 2.28. The van der Waals surface area contributed by atoms with Gasteiger partial charge in [0.05, 0.1) is 11.0 Å². The number of benzene rings is 1. The second-order valence-corrected chi connectivity index (χ2v) is 7.78. The van der Waals surface area contributed by atoms with Crippen LogP contribution in [0.4, 0.5) is 0 Å². The zero-order valence-electron chi connectivity index (χ0n) is 11.4. The average molecular weight is 308 g/mol. The Morgan fingerprint density at radius 2 is 1.95 bits per heavy atom. The lowest BCUT2D eigenvalue weighted by Gasteiger charge is -2.10. The van der Waals surface area contributed by atoms with E-state index in [-0.39, 0.29) is 16.8 Å². The molecule has 0 atom stereocenters. The van der Waals surface area contributed by atoms with Gasteiger partial charge in [0.1, 0.15) is 5.58 Å². The number of carboxylic acid groups (broad SMARTS) is 1. The number of aromatic carboxylic acids is 1. The van der Waals surface area contributed by atoms with Crippen LogP contribution in [-0.4, -0.2) is 24.7 Å². The van der Waals surface area contributed by atoms with Crippen molar-refractivity contribution >= 4 is 26.8 Å². The smallest absolute Gasteiger partial charge is 0.371 e. The summed E-state index contributed by atoms with van der Waals surface area (Å²) in [5, 5.41) is 9.28. The number of sulfone groups is 1. The van der Waals surface area contributed by atoms with Crippen LogP contribution in [0.2, 0.25) is 0 Å². The molecule has 0 spiro atoms. The number of hydrogen-bond acceptors (Lipinski definition) is 4. The molecule has 5 nitrogen and oxygen atoms in total. The summed E-state index contributed by atoms with van der Waals surface area (Å²) in [5.74, 6) is -1.27. The van der Waals surface area contributed by atoms with E-state index >= 15 is 0 Å². The maximum Gasteiger partial charge on any atom is 0.371 e. The summed E-state index contributed by atoms with van der Waals surface area (Å²) in [6.45, 7) is 0. The molecular formula is C15H16O5S. The van der Waals surface area contributed by atoms with Gasteiger partial charge in [-0.1, -0.05) is 18.9 Å². The molecular weight excluding hydrogens is 292 g/mol. The van der Waals surface area contributed by atoms with Crippen molar-refractivity contribution in [2.45, 2.75) is 36.7 Å². The number of rotatable bonds is 4. The topological polar surface area (TPSA) is 84.6 Å². The van der Waals surface area contributed by atoms with Gasteiger partial charge in [0.25, 0.3) is 0 Å². The third-order valence-corrected chi connectivity index (χ3v) is 6.19. The van der Waals surface area contributed by atoms with E-state index in [1.165, 1.54) is 6.07 Å². The van der Waals surface area contributed by atoms with Crippen LogP contribution in [0.25, 0.3) is 11.0 Å². The van der Waals surface area contributed by atoms with Crippen molar-refractivity contribution in [1.29, 1.82) is 0 Å². The molecule has 1 saturated carbocycles. The number of carbonyl (C=O) groups is 1. The Morgan fingerprint density at radius 1 is 1.24 bits per heavy atom. The Hall–Kier alpha value is -1.82. The zero-order chi connectivity index (χ0) is 15.0. The summed E-state index contributed by atoms with van der Waals surface area (Å²) in [5.41, 5.74) is 1.13. The molecule has 0 amide bonds. The highest BCUT2D eigenvalue weighted by molar-refractivity contribution is 7.91. The van der Waals surface area contributed by atoms with Gasteiger partial charge in [-0.25, -0.2) is 13.2 Å². The summed E-state index contributed by atoms with van der Waals surface area (Å²) in [4.78, 5) is 10.9. The minimum Gasteiger partial charge on any atom is -0.475 e. The number of furan rings is 1. The Labute approximate surface area is 122 Å². The van der Waals surface area contributed by atoms with Crippen LogP contribution in [0.1, 0.15) is 41.8 Å². The molecule has 21 heavy (non-hydrogen) atoms. The van der Waals surface area contributed by atoms with Crippen molar-refractivity contribution in [3.63, 3.8) is 0 Å². The van der Waals surface area contributed by atoms with Crippen LogP contribution in [0.3, 0.4) is 0 Å². The molecule has 6 heteroatoms. The van der Waals surface area contributed by atoms with Crippen molar-refractivity contribution in [3.05, 3.63) is 35.6 Å². The van der Waals surface area contributed by atoms with Crippen LogP contribution in [0.5, 0.6) is 0 Å². The van der Waals surface area contributed by atoms with Gasteiger partial charge in [0.2, 0.25) is 5.76 Å². The summed E-state index contributed by atoms with van der Waals surface area (Å²) in [6, 6.07) is 6.42. The van der Waals surface area contributed by atoms with E-state index in [0.29, 0.717) is 16.5 Å². The maximum absolute atomic E-state index is 12.3. The highest BCUT2D eigenvalue weighted by atomic mass is 32.2. The van der Waals surface area contributed by atoms with Gasteiger partial charge in [0, 0.05) is 5.39 Å². The summed E-state index contributed by atoms with van der Waals surface area (Å²) >= 11 is 0. The van der Waals surface area contributed by atoms with Crippen LogP contribution in [0.15, 0.2) is 28.7 Å². The summed E-state index contributed by atoms with van der Waals surface area (Å²) in [7, 11) is -3.14. The predicted molar refractivity (Wildman–Crippen MR) is 78.1 cm³/mol. The minimum atomic E-state index is -3.14. The molecule has 0 bridgehead atoms. The fourth-order valence-electron chi connectivity index (χ4n) is 2.89. The van der Waals surface area contributed by atoms with Gasteiger partial charge in [-0.15, -0.1) is 0 Å². The molecule has 0 radical (unpaired) electrons. The monoisotopic (exact) mass is 308 g/mol. The Kier molecular flexibility index (Phi) is 3.49. The van der Waals surface area contributed by atoms with Crippen molar-refractivity contribution in [1.82, 2.24) is 0 Å².